The lowest BCUT2D eigenvalue weighted by molar-refractivity contribution is 0.439. The minimum absolute atomic E-state index is 0.258. The smallest absolute Gasteiger partial charge is 0.144 e. The zero-order valence-electron chi connectivity index (χ0n) is 15.1. The molecule has 2 bridgehead atoms. The predicted molar refractivity (Wildman–Crippen MR) is 106 cm³/mol. The summed E-state index contributed by atoms with van der Waals surface area (Å²) in [7, 11) is 0. The van der Waals surface area contributed by atoms with E-state index in [1.807, 2.05) is 36.4 Å². The Labute approximate surface area is 158 Å². The van der Waals surface area contributed by atoms with Crippen LogP contribution in [0.5, 0.6) is 0 Å². The fourth-order valence-corrected chi connectivity index (χ4v) is 4.72. The number of rotatable bonds is 4. The van der Waals surface area contributed by atoms with Gasteiger partial charge in [0.25, 0.3) is 0 Å². The molecule has 136 valence electrons. The van der Waals surface area contributed by atoms with Gasteiger partial charge in [-0.15, -0.1) is 0 Å². The summed E-state index contributed by atoms with van der Waals surface area (Å²) < 4.78 is 15.1. The number of anilines is 1. The van der Waals surface area contributed by atoms with Crippen molar-refractivity contribution >= 4 is 5.82 Å². The summed E-state index contributed by atoms with van der Waals surface area (Å²) in [6, 6.07) is 15.5. The van der Waals surface area contributed by atoms with E-state index in [4.69, 9.17) is 0 Å². The molecule has 1 heterocycles. The molecule has 1 N–H and O–H groups in total. The number of hydrogen-bond acceptors (Lipinski definition) is 3. The number of aromatic nitrogens is 2. The lowest BCUT2D eigenvalue weighted by atomic mass is 9.95. The van der Waals surface area contributed by atoms with E-state index < -0.39 is 0 Å². The van der Waals surface area contributed by atoms with Gasteiger partial charge < -0.3 is 5.32 Å². The maximum absolute atomic E-state index is 15.1. The second kappa shape index (κ2) is 6.76. The first-order chi connectivity index (χ1) is 13.3. The molecule has 3 aromatic rings. The highest BCUT2D eigenvalue weighted by atomic mass is 19.1. The summed E-state index contributed by atoms with van der Waals surface area (Å²) in [4.78, 5) is 8.99. The summed E-state index contributed by atoms with van der Waals surface area (Å²) >= 11 is 0. The Morgan fingerprint density at radius 1 is 0.852 bits per heavy atom. The quantitative estimate of drug-likeness (QED) is 0.663. The molecule has 2 aromatic carbocycles. The van der Waals surface area contributed by atoms with Crippen molar-refractivity contribution in [2.75, 3.05) is 5.32 Å². The van der Waals surface area contributed by atoms with Gasteiger partial charge in [-0.2, -0.15) is 0 Å². The molecule has 4 heteroatoms. The molecule has 3 nitrogen and oxygen atoms in total. The van der Waals surface area contributed by atoms with Crippen LogP contribution in [0.15, 0.2) is 60.9 Å². The van der Waals surface area contributed by atoms with Crippen LogP contribution in [-0.4, -0.2) is 16.0 Å². The molecule has 0 saturated heterocycles. The second-order valence-electron chi connectivity index (χ2n) is 7.75. The maximum atomic E-state index is 15.1. The van der Waals surface area contributed by atoms with Crippen molar-refractivity contribution in [3.05, 3.63) is 66.7 Å². The van der Waals surface area contributed by atoms with Crippen LogP contribution in [0.2, 0.25) is 0 Å². The molecule has 3 unspecified atom stereocenters. The number of hydrogen-bond donors (Lipinski definition) is 1. The molecule has 2 aliphatic rings. The van der Waals surface area contributed by atoms with Crippen molar-refractivity contribution in [3.8, 4) is 22.4 Å². The molecule has 3 atom stereocenters. The molecule has 2 saturated carbocycles. The summed E-state index contributed by atoms with van der Waals surface area (Å²) in [6.45, 7) is 0. The fourth-order valence-electron chi connectivity index (χ4n) is 4.72. The molecule has 27 heavy (non-hydrogen) atoms. The minimum atomic E-state index is -0.258. The maximum Gasteiger partial charge on any atom is 0.144 e. The lowest BCUT2D eigenvalue weighted by Crippen LogP contribution is -2.26. The van der Waals surface area contributed by atoms with Crippen LogP contribution in [-0.2, 0) is 0 Å². The summed E-state index contributed by atoms with van der Waals surface area (Å²) in [5.74, 6) is 2.19. The monoisotopic (exact) mass is 359 g/mol. The van der Waals surface area contributed by atoms with Crippen LogP contribution in [0, 0.1) is 17.7 Å². The zero-order valence-corrected chi connectivity index (χ0v) is 15.1. The van der Waals surface area contributed by atoms with Gasteiger partial charge in [0.15, 0.2) is 0 Å². The van der Waals surface area contributed by atoms with Crippen LogP contribution < -0.4 is 5.32 Å². The van der Waals surface area contributed by atoms with E-state index in [0.29, 0.717) is 22.9 Å². The van der Waals surface area contributed by atoms with Gasteiger partial charge in [0.1, 0.15) is 11.6 Å². The van der Waals surface area contributed by atoms with Gasteiger partial charge in [-0.3, -0.25) is 4.98 Å². The first-order valence-corrected chi connectivity index (χ1v) is 9.71. The number of nitrogens with one attached hydrogen (secondary N) is 1. The van der Waals surface area contributed by atoms with E-state index in [2.05, 4.69) is 15.3 Å². The molecule has 0 amide bonds. The topological polar surface area (TPSA) is 37.8 Å². The predicted octanol–water partition coefficient (Wildman–Crippen LogP) is 5.55. The largest absolute Gasteiger partial charge is 0.366 e. The van der Waals surface area contributed by atoms with Gasteiger partial charge in [0, 0.05) is 17.2 Å². The molecular formula is C23H22FN3. The van der Waals surface area contributed by atoms with E-state index in [1.165, 1.54) is 25.7 Å². The van der Waals surface area contributed by atoms with E-state index in [-0.39, 0.29) is 5.82 Å². The van der Waals surface area contributed by atoms with Crippen LogP contribution in [0.4, 0.5) is 10.2 Å². The first-order valence-electron chi connectivity index (χ1n) is 9.71. The first kappa shape index (κ1) is 16.4. The van der Waals surface area contributed by atoms with E-state index in [0.717, 1.165) is 23.2 Å². The average Bonchev–Trinajstić information content (AvgIpc) is 3.33. The molecule has 2 aliphatic carbocycles. The second-order valence-corrected chi connectivity index (χ2v) is 7.75. The number of nitrogens with zero attached hydrogens (tertiary/aromatic N) is 2. The van der Waals surface area contributed by atoms with Crippen LogP contribution in [0.25, 0.3) is 22.4 Å². The SMILES string of the molecule is Fc1c(-c2ccccc2)cccc1-c1cnc(NC2CC3CCC2C3)cn1. The van der Waals surface area contributed by atoms with E-state index >= 15 is 4.39 Å². The van der Waals surface area contributed by atoms with Crippen molar-refractivity contribution in [2.24, 2.45) is 11.8 Å². The van der Waals surface area contributed by atoms with Crippen LogP contribution in [0.3, 0.4) is 0 Å². The highest BCUT2D eigenvalue weighted by molar-refractivity contribution is 5.72. The third-order valence-corrected chi connectivity index (χ3v) is 6.08. The van der Waals surface area contributed by atoms with Crippen LogP contribution >= 0.6 is 0 Å². The normalized spacial score (nSPS) is 23.5. The van der Waals surface area contributed by atoms with Crippen molar-refractivity contribution in [3.63, 3.8) is 0 Å². The minimum Gasteiger partial charge on any atom is -0.366 e. The van der Waals surface area contributed by atoms with E-state index in [1.54, 1.807) is 24.5 Å². The Morgan fingerprint density at radius 2 is 1.70 bits per heavy atom. The van der Waals surface area contributed by atoms with E-state index in [9.17, 15) is 0 Å². The number of fused-ring (bicyclic) bond motifs is 2. The third kappa shape index (κ3) is 3.09. The van der Waals surface area contributed by atoms with Gasteiger partial charge in [0.2, 0.25) is 0 Å². The number of benzene rings is 2. The van der Waals surface area contributed by atoms with Gasteiger partial charge in [0.05, 0.1) is 18.1 Å². The highest BCUT2D eigenvalue weighted by Gasteiger charge is 2.39. The van der Waals surface area contributed by atoms with Crippen molar-refractivity contribution in [2.45, 2.75) is 31.7 Å². The Morgan fingerprint density at radius 3 is 2.41 bits per heavy atom. The summed E-state index contributed by atoms with van der Waals surface area (Å²) in [6.07, 6.45) is 8.69. The van der Waals surface area contributed by atoms with Crippen molar-refractivity contribution < 1.29 is 4.39 Å². The fraction of sp³-hybridized carbons (Fsp3) is 0.304. The Hall–Kier alpha value is -2.75. The molecule has 0 aliphatic heterocycles. The molecule has 0 spiro atoms. The summed E-state index contributed by atoms with van der Waals surface area (Å²) in [5.41, 5.74) is 2.48. The zero-order chi connectivity index (χ0) is 18.2. The highest BCUT2D eigenvalue weighted by Crippen LogP contribution is 2.45. The molecular weight excluding hydrogens is 337 g/mol. The molecule has 1 aromatic heterocycles. The van der Waals surface area contributed by atoms with Crippen molar-refractivity contribution in [1.29, 1.82) is 0 Å². The Balaban J connectivity index is 1.39. The Bertz CT molecular complexity index is 940. The van der Waals surface area contributed by atoms with Gasteiger partial charge in [-0.05, 0) is 42.7 Å². The average molecular weight is 359 g/mol. The molecule has 0 radical (unpaired) electrons. The standard InChI is InChI=1S/C23H22FN3/c24-23-18(16-5-2-1-3-6-16)7-4-8-19(23)21-13-26-22(14-25-21)27-20-12-15-9-10-17(20)11-15/h1-8,13-15,17,20H,9-12H2,(H,26,27). The molecule has 2 fully saturated rings. The van der Waals surface area contributed by atoms with Gasteiger partial charge >= 0.3 is 0 Å². The summed E-state index contributed by atoms with van der Waals surface area (Å²) in [5, 5.41) is 3.54. The van der Waals surface area contributed by atoms with Gasteiger partial charge in [-0.25, -0.2) is 9.37 Å². The van der Waals surface area contributed by atoms with Gasteiger partial charge in [-0.1, -0.05) is 48.9 Å². The third-order valence-electron chi connectivity index (χ3n) is 6.08. The van der Waals surface area contributed by atoms with Crippen LogP contribution in [0.1, 0.15) is 25.7 Å². The number of halogens is 1. The Kier molecular flexibility index (Phi) is 4.12. The molecule has 5 rings (SSSR count). The lowest BCUT2D eigenvalue weighted by Gasteiger charge is -2.23. The van der Waals surface area contributed by atoms with Crippen molar-refractivity contribution in [1.82, 2.24) is 9.97 Å².